The van der Waals surface area contributed by atoms with E-state index in [1.807, 2.05) is 6.92 Å². The Balaban J connectivity index is 2.24. The van der Waals surface area contributed by atoms with Gasteiger partial charge < -0.3 is 5.11 Å². The van der Waals surface area contributed by atoms with Gasteiger partial charge in [-0.1, -0.05) is 18.3 Å². The molecule has 102 valence electrons. The monoisotopic (exact) mass is 319 g/mol. The Morgan fingerprint density at radius 2 is 2.11 bits per heavy atom. The highest BCUT2D eigenvalue weighted by molar-refractivity contribution is 7.94. The van der Waals surface area contributed by atoms with Crippen LogP contribution in [0.1, 0.15) is 21.6 Å². The molecule has 2 N–H and O–H groups in total. The largest absolute Gasteiger partial charge is 0.477 e. The van der Waals surface area contributed by atoms with Crippen molar-refractivity contribution in [3.05, 3.63) is 22.0 Å². The van der Waals surface area contributed by atoms with E-state index < -0.39 is 16.0 Å². The zero-order valence-electron chi connectivity index (χ0n) is 9.65. The first-order valence-corrected chi connectivity index (χ1v) is 8.22. The molecule has 0 bridgehead atoms. The molecule has 7 nitrogen and oxygen atoms in total. The van der Waals surface area contributed by atoms with Crippen LogP contribution in [0.5, 0.6) is 0 Å². The van der Waals surface area contributed by atoms with Gasteiger partial charge in [-0.15, -0.1) is 21.5 Å². The van der Waals surface area contributed by atoms with Gasteiger partial charge in [-0.05, 0) is 18.6 Å². The molecule has 0 saturated heterocycles. The zero-order chi connectivity index (χ0) is 14.0. The number of carbonyl (C=O) groups is 1. The van der Waals surface area contributed by atoms with Crippen molar-refractivity contribution >= 4 is 43.8 Å². The van der Waals surface area contributed by atoms with Gasteiger partial charge in [0.1, 0.15) is 14.1 Å². The van der Waals surface area contributed by atoms with E-state index in [9.17, 15) is 13.2 Å². The molecule has 0 radical (unpaired) electrons. The summed E-state index contributed by atoms with van der Waals surface area (Å²) in [6, 6.07) is 2.50. The highest BCUT2D eigenvalue weighted by atomic mass is 32.2. The molecule has 10 heteroatoms. The third kappa shape index (κ3) is 3.08. The Bertz CT molecular complexity index is 704. The van der Waals surface area contributed by atoms with E-state index in [2.05, 4.69) is 14.9 Å². The van der Waals surface area contributed by atoms with Gasteiger partial charge in [-0.2, -0.15) is 0 Å². The first kappa shape index (κ1) is 13.9. The smallest absolute Gasteiger partial charge is 0.345 e. The number of hydrogen-bond acceptors (Lipinski definition) is 7. The number of carboxylic acids is 1. The molecule has 0 unspecified atom stereocenters. The van der Waals surface area contributed by atoms with E-state index in [0.29, 0.717) is 17.8 Å². The molecule has 0 fully saturated rings. The average Bonchev–Trinajstić information content (AvgIpc) is 2.95. The Morgan fingerprint density at radius 3 is 2.63 bits per heavy atom. The number of hydrogen-bond donors (Lipinski definition) is 2. The van der Waals surface area contributed by atoms with Crippen molar-refractivity contribution in [2.75, 3.05) is 4.72 Å². The Kier molecular flexibility index (Phi) is 3.83. The number of carboxylic acid groups (broad SMARTS) is 1. The van der Waals surface area contributed by atoms with Gasteiger partial charge in [0.15, 0.2) is 0 Å². The Labute approximate surface area is 117 Å². The topological polar surface area (TPSA) is 109 Å². The van der Waals surface area contributed by atoms with Crippen LogP contribution in [0.2, 0.25) is 0 Å². The van der Waals surface area contributed by atoms with Crippen LogP contribution in [0.4, 0.5) is 5.13 Å². The molecule has 2 aromatic heterocycles. The molecule has 0 aliphatic carbocycles. The quantitative estimate of drug-likeness (QED) is 0.867. The number of aromatic nitrogens is 2. The van der Waals surface area contributed by atoms with Crippen molar-refractivity contribution in [1.82, 2.24) is 10.2 Å². The molecule has 0 amide bonds. The van der Waals surface area contributed by atoms with Gasteiger partial charge in [-0.3, -0.25) is 4.72 Å². The molecule has 19 heavy (non-hydrogen) atoms. The molecule has 0 atom stereocenters. The van der Waals surface area contributed by atoms with E-state index in [0.717, 1.165) is 16.3 Å². The third-order valence-electron chi connectivity index (χ3n) is 2.05. The molecule has 0 aliphatic heterocycles. The molecule has 2 aromatic rings. The van der Waals surface area contributed by atoms with Gasteiger partial charge in [0, 0.05) is 0 Å². The lowest BCUT2D eigenvalue weighted by Gasteiger charge is -2.00. The van der Waals surface area contributed by atoms with E-state index in [4.69, 9.17) is 5.11 Å². The fourth-order valence-electron chi connectivity index (χ4n) is 1.18. The van der Waals surface area contributed by atoms with Crippen molar-refractivity contribution in [2.45, 2.75) is 17.6 Å². The molecular formula is C9H9N3O4S3. The minimum Gasteiger partial charge on any atom is -0.477 e. The lowest BCUT2D eigenvalue weighted by atomic mass is 10.5. The molecule has 0 saturated carbocycles. The number of anilines is 1. The maximum atomic E-state index is 12.0. The number of aromatic carboxylic acids is 1. The predicted octanol–water partition coefficient (Wildman–Crippen LogP) is 1.66. The molecule has 2 rings (SSSR count). The van der Waals surface area contributed by atoms with Crippen LogP contribution in [0.25, 0.3) is 0 Å². The third-order valence-corrected chi connectivity index (χ3v) is 6.06. The summed E-state index contributed by atoms with van der Waals surface area (Å²) >= 11 is 1.83. The van der Waals surface area contributed by atoms with Crippen LogP contribution in [0.3, 0.4) is 0 Å². The maximum Gasteiger partial charge on any atom is 0.345 e. The minimum absolute atomic E-state index is 0.0353. The summed E-state index contributed by atoms with van der Waals surface area (Å²) in [5.41, 5.74) is 0. The van der Waals surface area contributed by atoms with Gasteiger partial charge in [0.25, 0.3) is 10.0 Å². The Morgan fingerprint density at radius 1 is 1.37 bits per heavy atom. The van der Waals surface area contributed by atoms with Crippen LogP contribution >= 0.6 is 22.7 Å². The summed E-state index contributed by atoms with van der Waals surface area (Å²) < 4.78 is 26.2. The average molecular weight is 319 g/mol. The van der Waals surface area contributed by atoms with Crippen molar-refractivity contribution < 1.29 is 18.3 Å². The minimum atomic E-state index is -3.81. The first-order chi connectivity index (χ1) is 8.92. The normalized spacial score (nSPS) is 11.4. The maximum absolute atomic E-state index is 12.0. The van der Waals surface area contributed by atoms with Gasteiger partial charge >= 0.3 is 5.97 Å². The predicted molar refractivity (Wildman–Crippen MR) is 71.4 cm³/mol. The number of aryl methyl sites for hydroxylation is 1. The fraction of sp³-hybridized carbons (Fsp3) is 0.222. The second-order valence-electron chi connectivity index (χ2n) is 3.38. The second-order valence-corrected chi connectivity index (χ2v) is 7.44. The van der Waals surface area contributed by atoms with Gasteiger partial charge in [0.2, 0.25) is 5.13 Å². The molecule has 2 heterocycles. The summed E-state index contributed by atoms with van der Waals surface area (Å²) in [7, 11) is -3.81. The molecular weight excluding hydrogens is 310 g/mol. The molecule has 0 spiro atoms. The number of nitrogens with one attached hydrogen (secondary N) is 1. The number of sulfonamides is 1. The van der Waals surface area contributed by atoms with E-state index in [1.54, 1.807) is 0 Å². The van der Waals surface area contributed by atoms with Crippen LogP contribution in [0.15, 0.2) is 16.3 Å². The van der Waals surface area contributed by atoms with E-state index >= 15 is 0 Å². The Hall–Kier alpha value is -1.52. The van der Waals surface area contributed by atoms with Crippen LogP contribution in [-0.2, 0) is 16.4 Å². The lowest BCUT2D eigenvalue weighted by Crippen LogP contribution is -2.11. The zero-order valence-corrected chi connectivity index (χ0v) is 12.1. The van der Waals surface area contributed by atoms with Crippen molar-refractivity contribution in [3.63, 3.8) is 0 Å². The van der Waals surface area contributed by atoms with Crippen LogP contribution < -0.4 is 4.72 Å². The van der Waals surface area contributed by atoms with Crippen molar-refractivity contribution in [1.29, 1.82) is 0 Å². The molecule has 0 aliphatic rings. The summed E-state index contributed by atoms with van der Waals surface area (Å²) in [6.07, 6.45) is 0.668. The summed E-state index contributed by atoms with van der Waals surface area (Å²) in [6.45, 7) is 1.89. The van der Waals surface area contributed by atoms with Crippen molar-refractivity contribution in [3.8, 4) is 0 Å². The summed E-state index contributed by atoms with van der Waals surface area (Å²) in [5, 5.41) is 17.2. The molecule has 0 aromatic carbocycles. The summed E-state index contributed by atoms with van der Waals surface area (Å²) in [4.78, 5) is 10.7. The van der Waals surface area contributed by atoms with E-state index in [-0.39, 0.29) is 14.2 Å². The SMILES string of the molecule is CCc1nnc(NS(=O)(=O)c2ccc(C(=O)O)s2)s1. The first-order valence-electron chi connectivity index (χ1n) is 5.10. The van der Waals surface area contributed by atoms with E-state index in [1.165, 1.54) is 12.1 Å². The van der Waals surface area contributed by atoms with Gasteiger partial charge in [-0.25, -0.2) is 13.2 Å². The van der Waals surface area contributed by atoms with Gasteiger partial charge in [0.05, 0.1) is 0 Å². The standard InChI is InChI=1S/C9H9N3O4S3/c1-2-6-10-11-9(18-6)12-19(15,16)7-4-3-5(17-7)8(13)14/h3-4H,2H2,1H3,(H,11,12)(H,13,14). The highest BCUT2D eigenvalue weighted by Gasteiger charge is 2.20. The highest BCUT2D eigenvalue weighted by Crippen LogP contribution is 2.25. The van der Waals surface area contributed by atoms with Crippen molar-refractivity contribution in [2.24, 2.45) is 0 Å². The number of rotatable bonds is 5. The number of thiophene rings is 1. The fourth-order valence-corrected chi connectivity index (χ4v) is 4.24. The van der Waals surface area contributed by atoms with Crippen LogP contribution in [-0.4, -0.2) is 29.7 Å². The number of nitrogens with zero attached hydrogens (tertiary/aromatic N) is 2. The van der Waals surface area contributed by atoms with Crippen LogP contribution in [0, 0.1) is 0 Å². The lowest BCUT2D eigenvalue weighted by molar-refractivity contribution is 0.0702. The summed E-state index contributed by atoms with van der Waals surface area (Å²) in [5.74, 6) is -1.16. The second kappa shape index (κ2) is 5.23.